The van der Waals surface area contributed by atoms with Gasteiger partial charge in [-0.3, -0.25) is 4.79 Å². The van der Waals surface area contributed by atoms with Crippen LogP contribution in [0.1, 0.15) is 20.8 Å². The Kier molecular flexibility index (Phi) is 2.45. The molecule has 0 saturated carbocycles. The first-order valence-corrected chi connectivity index (χ1v) is 4.20. The smallest absolute Gasteiger partial charge is 0.317 e. The van der Waals surface area contributed by atoms with Crippen LogP contribution in [0.25, 0.3) is 0 Å². The molecule has 72 valence electrons. The van der Waals surface area contributed by atoms with E-state index in [2.05, 4.69) is 0 Å². The maximum Gasteiger partial charge on any atom is 0.317 e. The van der Waals surface area contributed by atoms with E-state index < -0.39 is 11.5 Å². The van der Waals surface area contributed by atoms with Gasteiger partial charge in [0.15, 0.2) is 0 Å². The zero-order chi connectivity index (χ0) is 10.1. The zero-order valence-electron chi connectivity index (χ0n) is 8.07. The van der Waals surface area contributed by atoms with Gasteiger partial charge in [0.25, 0.3) is 0 Å². The number of carbonyl (C=O) groups is 1. The third-order valence-electron chi connectivity index (χ3n) is 1.50. The fourth-order valence-electron chi connectivity index (χ4n) is 1.01. The van der Waals surface area contributed by atoms with Gasteiger partial charge in [-0.2, -0.15) is 0 Å². The first-order valence-electron chi connectivity index (χ1n) is 4.20. The van der Waals surface area contributed by atoms with E-state index in [1.54, 1.807) is 6.08 Å². The molecule has 1 aliphatic carbocycles. The number of allylic oxidation sites excluding steroid dienone is 1. The maximum atomic E-state index is 11.4. The highest BCUT2D eigenvalue weighted by molar-refractivity contribution is 5.78. The molecule has 1 N–H and O–H groups in total. The van der Waals surface area contributed by atoms with E-state index in [0.717, 1.165) is 0 Å². The van der Waals surface area contributed by atoms with Gasteiger partial charge in [-0.1, -0.05) is 6.08 Å². The number of carbonyl (C=O) groups excluding carboxylic acids is 1. The van der Waals surface area contributed by atoms with E-state index in [1.807, 2.05) is 20.8 Å². The average molecular weight is 182 g/mol. The van der Waals surface area contributed by atoms with Crippen molar-refractivity contribution in [3.63, 3.8) is 0 Å². The van der Waals surface area contributed by atoms with Crippen LogP contribution in [0.2, 0.25) is 0 Å². The number of rotatable bonds is 1. The van der Waals surface area contributed by atoms with Crippen LogP contribution in [0.3, 0.4) is 0 Å². The molecule has 0 aromatic rings. The highest BCUT2D eigenvalue weighted by Gasteiger charge is 2.23. The van der Waals surface area contributed by atoms with Crippen LogP contribution in [0.5, 0.6) is 0 Å². The molecule has 0 bridgehead atoms. The van der Waals surface area contributed by atoms with E-state index in [9.17, 15) is 4.79 Å². The summed E-state index contributed by atoms with van der Waals surface area (Å²) in [5, 5.41) is 9.01. The lowest BCUT2D eigenvalue weighted by Crippen LogP contribution is -2.26. The van der Waals surface area contributed by atoms with Crippen molar-refractivity contribution >= 4 is 5.97 Å². The molecule has 0 amide bonds. The van der Waals surface area contributed by atoms with Gasteiger partial charge in [0.05, 0.1) is 5.92 Å². The summed E-state index contributed by atoms with van der Waals surface area (Å²) in [6.45, 7) is 5.44. The Labute approximate surface area is 77.7 Å². The Balaban J connectivity index is 2.56. The van der Waals surface area contributed by atoms with Crippen LogP contribution < -0.4 is 0 Å². The number of esters is 1. The molecule has 1 atom stereocenters. The van der Waals surface area contributed by atoms with Crippen molar-refractivity contribution in [2.24, 2.45) is 5.92 Å². The summed E-state index contributed by atoms with van der Waals surface area (Å²) in [7, 11) is 0. The van der Waals surface area contributed by atoms with E-state index in [-0.39, 0.29) is 11.7 Å². The zero-order valence-corrected chi connectivity index (χ0v) is 8.07. The summed E-state index contributed by atoms with van der Waals surface area (Å²) in [4.78, 5) is 11.4. The highest BCUT2D eigenvalue weighted by atomic mass is 16.6. The third-order valence-corrected chi connectivity index (χ3v) is 1.50. The minimum Gasteiger partial charge on any atom is -0.508 e. The van der Waals surface area contributed by atoms with Crippen molar-refractivity contribution in [2.45, 2.75) is 26.4 Å². The second kappa shape index (κ2) is 3.24. The van der Waals surface area contributed by atoms with E-state index in [4.69, 9.17) is 9.84 Å². The summed E-state index contributed by atoms with van der Waals surface area (Å²) in [5.41, 5.74) is -0.475. The minimum absolute atomic E-state index is 0.121. The normalized spacial score (nSPS) is 21.5. The standard InChI is InChI=1S/C10H14O3/c1-10(2,3)13-9(12)7-4-5-8(11)6-7/h4-7,11H,1-3H3. The monoisotopic (exact) mass is 182 g/mol. The first-order chi connectivity index (χ1) is 5.88. The topological polar surface area (TPSA) is 46.5 Å². The molecule has 0 fully saturated rings. The Morgan fingerprint density at radius 3 is 2.54 bits per heavy atom. The Bertz CT molecular complexity index is 268. The summed E-state index contributed by atoms with van der Waals surface area (Å²) in [5.74, 6) is -0.636. The van der Waals surface area contributed by atoms with Gasteiger partial charge in [0.2, 0.25) is 0 Å². The van der Waals surface area contributed by atoms with Gasteiger partial charge < -0.3 is 9.84 Å². The summed E-state index contributed by atoms with van der Waals surface area (Å²) in [6, 6.07) is 0. The first kappa shape index (κ1) is 9.84. The summed E-state index contributed by atoms with van der Waals surface area (Å²) in [6.07, 6.45) is 4.58. The molecule has 0 heterocycles. The van der Waals surface area contributed by atoms with Crippen LogP contribution >= 0.6 is 0 Å². The van der Waals surface area contributed by atoms with Crippen molar-refractivity contribution in [2.75, 3.05) is 0 Å². The second-order valence-corrected chi connectivity index (χ2v) is 4.01. The molecule has 3 nitrogen and oxygen atoms in total. The molecular formula is C10H14O3. The largest absolute Gasteiger partial charge is 0.508 e. The molecule has 0 saturated heterocycles. The van der Waals surface area contributed by atoms with Crippen LogP contribution in [0, 0.1) is 5.92 Å². The molecule has 1 rings (SSSR count). The van der Waals surface area contributed by atoms with Crippen LogP contribution in [0.15, 0.2) is 24.0 Å². The molecule has 0 radical (unpaired) electrons. The molecular weight excluding hydrogens is 168 g/mol. The summed E-state index contributed by atoms with van der Waals surface area (Å²) < 4.78 is 5.12. The lowest BCUT2D eigenvalue weighted by atomic mass is 10.1. The lowest BCUT2D eigenvalue weighted by molar-refractivity contribution is -0.156. The third kappa shape index (κ3) is 2.93. The molecule has 1 unspecified atom stereocenters. The van der Waals surface area contributed by atoms with E-state index in [1.165, 1.54) is 12.2 Å². The predicted molar refractivity (Wildman–Crippen MR) is 49.2 cm³/mol. The van der Waals surface area contributed by atoms with Gasteiger partial charge in [-0.25, -0.2) is 0 Å². The Morgan fingerprint density at radius 1 is 1.54 bits per heavy atom. The van der Waals surface area contributed by atoms with Crippen LogP contribution in [-0.2, 0) is 9.53 Å². The lowest BCUT2D eigenvalue weighted by Gasteiger charge is -2.20. The molecule has 0 aliphatic heterocycles. The molecule has 0 aromatic carbocycles. The number of aliphatic hydroxyl groups excluding tert-OH is 1. The minimum atomic E-state index is -0.475. The quantitative estimate of drug-likeness (QED) is 0.630. The Morgan fingerprint density at radius 2 is 2.15 bits per heavy atom. The van der Waals surface area contributed by atoms with Crippen LogP contribution in [-0.4, -0.2) is 16.7 Å². The summed E-state index contributed by atoms with van der Waals surface area (Å²) >= 11 is 0. The van der Waals surface area contributed by atoms with Crippen molar-refractivity contribution in [3.8, 4) is 0 Å². The predicted octanol–water partition coefficient (Wildman–Crippen LogP) is 1.96. The number of hydrogen-bond acceptors (Lipinski definition) is 3. The molecule has 1 aliphatic rings. The van der Waals surface area contributed by atoms with Crippen molar-refractivity contribution in [1.82, 2.24) is 0 Å². The second-order valence-electron chi connectivity index (χ2n) is 4.01. The van der Waals surface area contributed by atoms with E-state index >= 15 is 0 Å². The molecule has 0 aromatic heterocycles. The van der Waals surface area contributed by atoms with Crippen molar-refractivity contribution in [3.05, 3.63) is 24.0 Å². The average Bonchev–Trinajstić information content (AvgIpc) is 2.31. The highest BCUT2D eigenvalue weighted by Crippen LogP contribution is 2.18. The molecule has 13 heavy (non-hydrogen) atoms. The van der Waals surface area contributed by atoms with E-state index in [0.29, 0.717) is 0 Å². The SMILES string of the molecule is CC(C)(C)OC(=O)C1C=CC(O)=C1. The van der Waals surface area contributed by atoms with Gasteiger partial charge in [-0.15, -0.1) is 0 Å². The maximum absolute atomic E-state index is 11.4. The number of hydrogen-bond donors (Lipinski definition) is 1. The number of ether oxygens (including phenoxy) is 1. The van der Waals surface area contributed by atoms with Crippen molar-refractivity contribution < 1.29 is 14.6 Å². The van der Waals surface area contributed by atoms with Gasteiger partial charge in [0.1, 0.15) is 11.4 Å². The fraction of sp³-hybridized carbons (Fsp3) is 0.500. The molecule has 3 heteroatoms. The molecule has 0 spiro atoms. The van der Waals surface area contributed by atoms with Gasteiger partial charge >= 0.3 is 5.97 Å². The van der Waals surface area contributed by atoms with Gasteiger partial charge in [0, 0.05) is 0 Å². The van der Waals surface area contributed by atoms with Gasteiger partial charge in [-0.05, 0) is 32.9 Å². The fourth-order valence-corrected chi connectivity index (χ4v) is 1.01. The van der Waals surface area contributed by atoms with Crippen LogP contribution in [0.4, 0.5) is 0 Å². The number of aliphatic hydroxyl groups is 1. The Hall–Kier alpha value is -1.25. The van der Waals surface area contributed by atoms with Crippen molar-refractivity contribution in [1.29, 1.82) is 0 Å².